The van der Waals surface area contributed by atoms with E-state index in [1.165, 1.54) is 39.0 Å². The number of halogens is 2. The maximum atomic E-state index is 12.6. The molecule has 0 unspecified atom stereocenters. The zero-order valence-electron chi connectivity index (χ0n) is 19.7. The molecule has 0 N–H and O–H groups in total. The van der Waals surface area contributed by atoms with Gasteiger partial charge in [0.1, 0.15) is 5.60 Å². The van der Waals surface area contributed by atoms with Gasteiger partial charge in [0.2, 0.25) is 0 Å². The molecule has 0 bridgehead atoms. The van der Waals surface area contributed by atoms with E-state index in [2.05, 4.69) is 15.9 Å². The monoisotopic (exact) mass is 382 g/mol. The second kappa shape index (κ2) is 6.44. The van der Waals surface area contributed by atoms with E-state index in [4.69, 9.17) is 27.3 Å². The Hall–Kier alpha value is -0.940. The van der Waals surface area contributed by atoms with Crippen molar-refractivity contribution in [2.45, 2.75) is 26.4 Å². The third-order valence-electron chi connectivity index (χ3n) is 2.28. The second-order valence-electron chi connectivity index (χ2n) is 5.20. The fourth-order valence-electron chi connectivity index (χ4n) is 1.41. The number of nitrogens with zero attached hydrogens (tertiary/aromatic N) is 2. The molecule has 1 aliphatic heterocycles. The quantitative estimate of drug-likeness (QED) is 0.730. The number of carbonyl (C=O) groups excluding carboxylic acids is 1. The molecule has 0 atom stereocenters. The van der Waals surface area contributed by atoms with E-state index in [1.54, 1.807) is 0 Å². The molecule has 1 aromatic carbocycles. The van der Waals surface area contributed by atoms with E-state index in [1.807, 2.05) is 0 Å². The highest BCUT2D eigenvalue weighted by molar-refractivity contribution is 9.10. The Labute approximate surface area is 150 Å². The van der Waals surface area contributed by atoms with Crippen molar-refractivity contribution in [1.29, 1.82) is 0 Å². The van der Waals surface area contributed by atoms with Crippen molar-refractivity contribution >= 4 is 39.3 Å². The Morgan fingerprint density at radius 2 is 1.95 bits per heavy atom. The molecule has 21 heavy (non-hydrogen) atoms. The Balaban J connectivity index is 2.72. The van der Waals surface area contributed by atoms with Gasteiger partial charge in [0.25, 0.3) is 0 Å². The molecule has 0 aromatic heterocycles. The van der Waals surface area contributed by atoms with Crippen LogP contribution in [0.1, 0.15) is 31.7 Å². The first-order valence-corrected chi connectivity index (χ1v) is 7.24. The van der Waals surface area contributed by atoms with Crippen LogP contribution in [0, 0.1) is 0 Å². The molecule has 0 radical (unpaired) electrons. The van der Waals surface area contributed by atoms with E-state index < -0.39 is 37.7 Å². The second-order valence-corrected chi connectivity index (χ2v) is 6.46. The van der Waals surface area contributed by atoms with Crippen LogP contribution < -0.4 is 4.90 Å². The molecule has 1 aromatic rings. The first kappa shape index (κ1) is 8.63. The minimum atomic E-state index is -3.32. The normalized spacial score (nSPS) is 31.3. The van der Waals surface area contributed by atoms with Crippen LogP contribution in [-0.4, -0.2) is 42.6 Å². The van der Waals surface area contributed by atoms with Gasteiger partial charge in [-0.2, -0.15) is 0 Å². The first-order valence-electron chi connectivity index (χ1n) is 10.1. The molecular formula is C15H20BrClN2O2. The molecule has 6 heteroatoms. The number of ether oxygens (including phenoxy) is 1. The lowest BCUT2D eigenvalue weighted by Gasteiger charge is -2.36. The lowest BCUT2D eigenvalue weighted by molar-refractivity contribution is 0.0240. The van der Waals surface area contributed by atoms with Crippen LogP contribution >= 0.6 is 27.5 Å². The summed E-state index contributed by atoms with van der Waals surface area (Å²) >= 11 is 9.18. The van der Waals surface area contributed by atoms with Gasteiger partial charge in [0, 0.05) is 36.1 Å². The van der Waals surface area contributed by atoms with Crippen LogP contribution in [0.2, 0.25) is 5.02 Å². The zero-order chi connectivity index (χ0) is 22.8. The third-order valence-corrected chi connectivity index (χ3v) is 3.52. The van der Waals surface area contributed by atoms with Gasteiger partial charge in [-0.1, -0.05) is 11.6 Å². The zero-order valence-corrected chi connectivity index (χ0v) is 14.0. The lowest BCUT2D eigenvalue weighted by atomic mass is 10.2. The summed E-state index contributed by atoms with van der Waals surface area (Å²) in [7, 11) is 0. The summed E-state index contributed by atoms with van der Waals surface area (Å²) in [5.74, 6) is 0. The van der Waals surface area contributed by atoms with Gasteiger partial charge in [-0.3, -0.25) is 0 Å². The highest BCUT2D eigenvalue weighted by atomic mass is 79.9. The predicted molar refractivity (Wildman–Crippen MR) is 89.2 cm³/mol. The average molecular weight is 384 g/mol. The van der Waals surface area contributed by atoms with Gasteiger partial charge >= 0.3 is 6.09 Å². The average Bonchev–Trinajstić information content (AvgIpc) is 2.46. The molecule has 1 aliphatic rings. The number of rotatable bonds is 1. The highest BCUT2D eigenvalue weighted by Crippen LogP contribution is 2.28. The number of carbonyl (C=O) groups is 1. The fourth-order valence-corrected chi connectivity index (χ4v) is 1.83. The molecule has 4 nitrogen and oxygen atoms in total. The minimum absolute atomic E-state index is 0.0878. The summed E-state index contributed by atoms with van der Waals surface area (Å²) in [5, 5.41) is 0.0878. The summed E-state index contributed by atoms with van der Waals surface area (Å²) in [4.78, 5) is 12.8. The van der Waals surface area contributed by atoms with Crippen molar-refractivity contribution in [3.63, 3.8) is 0 Å². The van der Waals surface area contributed by atoms with Crippen molar-refractivity contribution in [1.82, 2.24) is 4.90 Å². The summed E-state index contributed by atoms with van der Waals surface area (Å²) in [6.07, 6.45) is -1.52. The van der Waals surface area contributed by atoms with Crippen molar-refractivity contribution in [3.8, 4) is 0 Å². The number of hydrogen-bond donors (Lipinski definition) is 0. The van der Waals surface area contributed by atoms with Crippen LogP contribution in [0.5, 0.6) is 0 Å². The molecule has 1 heterocycles. The van der Waals surface area contributed by atoms with Crippen molar-refractivity contribution in [2.24, 2.45) is 0 Å². The van der Waals surface area contributed by atoms with Crippen molar-refractivity contribution < 1.29 is 20.5 Å². The van der Waals surface area contributed by atoms with Gasteiger partial charge in [0.15, 0.2) is 0 Å². The highest BCUT2D eigenvalue weighted by Gasteiger charge is 2.26. The van der Waals surface area contributed by atoms with Crippen LogP contribution in [0.3, 0.4) is 0 Å². The van der Waals surface area contributed by atoms with Gasteiger partial charge < -0.3 is 14.5 Å². The number of benzene rings is 1. The van der Waals surface area contributed by atoms with Gasteiger partial charge in [-0.25, -0.2) is 4.79 Å². The van der Waals surface area contributed by atoms with Gasteiger partial charge in [-0.15, -0.1) is 0 Å². The van der Waals surface area contributed by atoms with E-state index in [0.717, 1.165) is 0 Å². The Morgan fingerprint density at radius 1 is 1.33 bits per heavy atom. The molecule has 0 aliphatic carbocycles. The lowest BCUT2D eigenvalue weighted by Crippen LogP contribution is -2.50. The summed E-state index contributed by atoms with van der Waals surface area (Å²) in [6, 6.07) is 3.84. The predicted octanol–water partition coefficient (Wildman–Crippen LogP) is 4.16. The molecule has 116 valence electrons. The van der Waals surface area contributed by atoms with Crippen LogP contribution in [0.15, 0.2) is 22.7 Å². The number of hydrogen-bond acceptors (Lipinski definition) is 3. The summed E-state index contributed by atoms with van der Waals surface area (Å²) < 4.78 is 71.9. The molecule has 2 rings (SSSR count). The van der Waals surface area contributed by atoms with Crippen LogP contribution in [0.25, 0.3) is 0 Å². The van der Waals surface area contributed by atoms with E-state index >= 15 is 0 Å². The number of amides is 1. The molecule has 0 saturated carbocycles. The van der Waals surface area contributed by atoms with Gasteiger partial charge in [-0.05, 0) is 54.9 Å². The van der Waals surface area contributed by atoms with Crippen molar-refractivity contribution in [2.75, 3.05) is 30.9 Å². The minimum Gasteiger partial charge on any atom is -0.444 e. The number of anilines is 1. The molecule has 1 saturated heterocycles. The fraction of sp³-hybridized carbons (Fsp3) is 0.533. The number of piperazine rings is 1. The van der Waals surface area contributed by atoms with E-state index in [0.29, 0.717) is 9.37 Å². The first-order chi connectivity index (χ1) is 12.8. The smallest absolute Gasteiger partial charge is 0.410 e. The van der Waals surface area contributed by atoms with Crippen molar-refractivity contribution in [3.05, 3.63) is 27.7 Å². The summed E-state index contributed by atoms with van der Waals surface area (Å²) in [6.45, 7) is -8.61. The SMILES string of the molecule is [2H]C1([2H])N(C(=O)OC(C)(C)C)C([2H])([2H])C([2H])([2H])N(c2ccc(Br)c(Cl)c2)C1([2H])[2H]. The largest absolute Gasteiger partial charge is 0.444 e. The third kappa shape index (κ3) is 4.51. The standard InChI is InChI=1S/C15H20BrClN2O2/c1-15(2,3)21-14(20)19-8-6-18(7-9-19)11-4-5-12(16)13(17)10-11/h4-5,10H,6-9H2,1-3H3/i6D2,7D2,8D2,9D2. The van der Waals surface area contributed by atoms with E-state index in [-0.39, 0.29) is 15.6 Å². The van der Waals surface area contributed by atoms with Gasteiger partial charge in [0.05, 0.1) is 16.0 Å². The molecular weight excluding hydrogens is 356 g/mol. The summed E-state index contributed by atoms with van der Waals surface area (Å²) in [5.41, 5.74) is -1.34. The van der Waals surface area contributed by atoms with Crippen LogP contribution in [0.4, 0.5) is 10.5 Å². The van der Waals surface area contributed by atoms with Crippen LogP contribution in [-0.2, 0) is 4.74 Å². The maximum Gasteiger partial charge on any atom is 0.410 e. The molecule has 1 fully saturated rings. The molecule has 1 amide bonds. The Kier molecular flexibility index (Phi) is 2.65. The maximum absolute atomic E-state index is 12.6. The molecule has 0 spiro atoms. The topological polar surface area (TPSA) is 32.8 Å². The Morgan fingerprint density at radius 3 is 2.48 bits per heavy atom. The van der Waals surface area contributed by atoms with E-state index in [9.17, 15) is 4.79 Å². The Bertz CT molecular complexity index is 803.